The number of nitrogens with zero attached hydrogens (tertiary/aromatic N) is 5. The molecular formula is C21H18ClN5O. The van der Waals surface area contributed by atoms with Crippen LogP contribution < -0.4 is 4.90 Å². The highest BCUT2D eigenvalue weighted by molar-refractivity contribution is 6.30. The average molecular weight is 392 g/mol. The average Bonchev–Trinajstić information content (AvgIpc) is 3.19. The molecule has 0 aliphatic carbocycles. The molecule has 1 fully saturated rings. The fourth-order valence-corrected chi connectivity index (χ4v) is 3.23. The third-order valence-corrected chi connectivity index (χ3v) is 4.75. The van der Waals surface area contributed by atoms with Gasteiger partial charge >= 0.3 is 0 Å². The van der Waals surface area contributed by atoms with E-state index >= 15 is 0 Å². The van der Waals surface area contributed by atoms with Gasteiger partial charge in [-0.3, -0.25) is 4.57 Å². The van der Waals surface area contributed by atoms with E-state index < -0.39 is 0 Å². The van der Waals surface area contributed by atoms with Crippen molar-refractivity contribution in [1.29, 1.82) is 5.26 Å². The zero-order valence-electron chi connectivity index (χ0n) is 15.1. The number of nitriles is 1. The van der Waals surface area contributed by atoms with Crippen LogP contribution in [0.2, 0.25) is 5.02 Å². The van der Waals surface area contributed by atoms with E-state index in [0.29, 0.717) is 35.6 Å². The lowest BCUT2D eigenvalue weighted by molar-refractivity contribution is 0.122. The SMILES string of the molecule is N#C/C(=C\c1ccc(Cl)cc1)c1nnc(N2CCOCC2)n1-c1ccccc1. The maximum Gasteiger partial charge on any atom is 0.232 e. The Kier molecular flexibility index (Phi) is 5.38. The normalized spacial score (nSPS) is 14.7. The summed E-state index contributed by atoms with van der Waals surface area (Å²) in [5.41, 5.74) is 2.20. The number of hydrogen-bond acceptors (Lipinski definition) is 5. The van der Waals surface area contributed by atoms with Gasteiger partial charge in [-0.1, -0.05) is 41.9 Å². The van der Waals surface area contributed by atoms with Crippen molar-refractivity contribution in [2.24, 2.45) is 0 Å². The standard InChI is InChI=1S/C21H18ClN5O/c22-18-8-6-16(7-9-18)14-17(15-23)20-24-25-21(26-10-12-28-13-11-26)27(20)19-4-2-1-3-5-19/h1-9,14H,10-13H2/b17-14+. The summed E-state index contributed by atoms with van der Waals surface area (Å²) in [6, 6.07) is 19.4. The van der Waals surface area contributed by atoms with Crippen LogP contribution in [0.5, 0.6) is 0 Å². The minimum absolute atomic E-state index is 0.429. The summed E-state index contributed by atoms with van der Waals surface area (Å²) >= 11 is 5.97. The summed E-state index contributed by atoms with van der Waals surface area (Å²) in [7, 11) is 0. The van der Waals surface area contributed by atoms with Crippen molar-refractivity contribution in [2.45, 2.75) is 0 Å². The molecule has 7 heteroatoms. The van der Waals surface area contributed by atoms with Gasteiger partial charge in [0.15, 0.2) is 5.82 Å². The highest BCUT2D eigenvalue weighted by Gasteiger charge is 2.23. The van der Waals surface area contributed by atoms with Crippen LogP contribution in [0.25, 0.3) is 17.3 Å². The monoisotopic (exact) mass is 391 g/mol. The quantitative estimate of drug-likeness (QED) is 0.632. The van der Waals surface area contributed by atoms with Gasteiger partial charge in [-0.05, 0) is 35.9 Å². The van der Waals surface area contributed by atoms with Crippen LogP contribution in [0.4, 0.5) is 5.95 Å². The highest BCUT2D eigenvalue weighted by atomic mass is 35.5. The van der Waals surface area contributed by atoms with Crippen LogP contribution >= 0.6 is 11.6 Å². The number of hydrogen-bond donors (Lipinski definition) is 0. The van der Waals surface area contributed by atoms with E-state index in [-0.39, 0.29) is 0 Å². The second-order valence-corrected chi connectivity index (χ2v) is 6.75. The first-order chi connectivity index (χ1) is 13.8. The molecule has 1 aliphatic rings. The van der Waals surface area contributed by atoms with Gasteiger partial charge in [0.1, 0.15) is 6.07 Å². The second-order valence-electron chi connectivity index (χ2n) is 6.32. The van der Waals surface area contributed by atoms with Crippen LogP contribution in [0.15, 0.2) is 54.6 Å². The molecule has 140 valence electrons. The summed E-state index contributed by atoms with van der Waals surface area (Å²) in [6.45, 7) is 2.74. The van der Waals surface area contributed by atoms with Gasteiger partial charge in [0.2, 0.25) is 5.95 Å². The minimum Gasteiger partial charge on any atom is -0.378 e. The number of para-hydroxylation sites is 1. The Bertz CT molecular complexity index is 1020. The van der Waals surface area contributed by atoms with Crippen molar-refractivity contribution in [2.75, 3.05) is 31.2 Å². The molecule has 0 atom stereocenters. The predicted molar refractivity (Wildman–Crippen MR) is 109 cm³/mol. The van der Waals surface area contributed by atoms with E-state index in [4.69, 9.17) is 16.3 Å². The largest absolute Gasteiger partial charge is 0.378 e. The van der Waals surface area contributed by atoms with Crippen molar-refractivity contribution < 1.29 is 4.74 Å². The van der Waals surface area contributed by atoms with Gasteiger partial charge in [-0.2, -0.15) is 5.26 Å². The van der Waals surface area contributed by atoms with Gasteiger partial charge in [0.05, 0.1) is 24.5 Å². The first-order valence-electron chi connectivity index (χ1n) is 8.97. The fraction of sp³-hybridized carbons (Fsp3) is 0.190. The second kappa shape index (κ2) is 8.26. The van der Waals surface area contributed by atoms with Crippen molar-refractivity contribution >= 4 is 29.2 Å². The van der Waals surface area contributed by atoms with Gasteiger partial charge in [0.25, 0.3) is 0 Å². The summed E-state index contributed by atoms with van der Waals surface area (Å²) in [6.07, 6.45) is 1.79. The van der Waals surface area contributed by atoms with Crippen molar-refractivity contribution in [3.8, 4) is 11.8 Å². The van der Waals surface area contributed by atoms with Crippen molar-refractivity contribution in [1.82, 2.24) is 14.8 Å². The molecule has 1 aromatic heterocycles. The van der Waals surface area contributed by atoms with Gasteiger partial charge in [-0.15, -0.1) is 10.2 Å². The molecule has 1 saturated heterocycles. The minimum atomic E-state index is 0.429. The van der Waals surface area contributed by atoms with Crippen molar-refractivity contribution in [3.05, 3.63) is 71.0 Å². The first kappa shape index (κ1) is 18.2. The van der Waals surface area contributed by atoms with E-state index in [1.807, 2.05) is 47.0 Å². The summed E-state index contributed by atoms with van der Waals surface area (Å²) in [5, 5.41) is 19.3. The smallest absolute Gasteiger partial charge is 0.232 e. The molecule has 2 aromatic carbocycles. The molecule has 0 saturated carbocycles. The lowest BCUT2D eigenvalue weighted by atomic mass is 10.1. The van der Waals surface area contributed by atoms with Crippen LogP contribution in [-0.4, -0.2) is 41.1 Å². The Morgan fingerprint density at radius 3 is 2.43 bits per heavy atom. The molecule has 0 N–H and O–H groups in total. The Balaban J connectivity index is 1.82. The fourth-order valence-electron chi connectivity index (χ4n) is 3.11. The number of ether oxygens (including phenoxy) is 1. The third-order valence-electron chi connectivity index (χ3n) is 4.50. The molecule has 28 heavy (non-hydrogen) atoms. The van der Waals surface area contributed by atoms with Crippen molar-refractivity contribution in [3.63, 3.8) is 0 Å². The van der Waals surface area contributed by atoms with E-state index in [0.717, 1.165) is 24.3 Å². The van der Waals surface area contributed by atoms with E-state index in [2.05, 4.69) is 21.2 Å². The highest BCUT2D eigenvalue weighted by Crippen LogP contribution is 2.26. The van der Waals surface area contributed by atoms with Crippen LogP contribution in [0.3, 0.4) is 0 Å². The van der Waals surface area contributed by atoms with E-state index in [1.54, 1.807) is 18.2 Å². The number of anilines is 1. The number of morpholine rings is 1. The van der Waals surface area contributed by atoms with Gasteiger partial charge in [0, 0.05) is 18.1 Å². The summed E-state index contributed by atoms with van der Waals surface area (Å²) < 4.78 is 7.38. The number of aromatic nitrogens is 3. The number of halogens is 1. The topological polar surface area (TPSA) is 67.0 Å². The molecule has 3 aromatic rings. The molecule has 0 radical (unpaired) electrons. The maximum atomic E-state index is 9.83. The van der Waals surface area contributed by atoms with E-state index in [9.17, 15) is 5.26 Å². The Hall–Kier alpha value is -3.14. The van der Waals surface area contributed by atoms with Crippen LogP contribution in [-0.2, 0) is 4.74 Å². The molecule has 4 rings (SSSR count). The molecule has 0 bridgehead atoms. The molecule has 0 spiro atoms. The zero-order chi connectivity index (χ0) is 19.3. The molecular weight excluding hydrogens is 374 g/mol. The van der Waals surface area contributed by atoms with Gasteiger partial charge < -0.3 is 9.64 Å². The molecule has 0 amide bonds. The lowest BCUT2D eigenvalue weighted by Crippen LogP contribution is -2.38. The molecule has 1 aliphatic heterocycles. The third kappa shape index (κ3) is 3.77. The van der Waals surface area contributed by atoms with Crippen LogP contribution in [0, 0.1) is 11.3 Å². The number of rotatable bonds is 4. The first-order valence-corrected chi connectivity index (χ1v) is 9.35. The van der Waals surface area contributed by atoms with Gasteiger partial charge in [-0.25, -0.2) is 0 Å². The predicted octanol–water partition coefficient (Wildman–Crippen LogP) is 3.82. The number of benzene rings is 2. The maximum absolute atomic E-state index is 9.83. The van der Waals surface area contributed by atoms with E-state index in [1.165, 1.54) is 0 Å². The Morgan fingerprint density at radius 1 is 1.04 bits per heavy atom. The Labute approximate surface area is 168 Å². The number of allylic oxidation sites excluding steroid dienone is 1. The molecule has 2 heterocycles. The molecule has 0 unspecified atom stereocenters. The summed E-state index contributed by atoms with van der Waals surface area (Å²) in [5.74, 6) is 1.21. The molecule has 6 nitrogen and oxygen atoms in total. The summed E-state index contributed by atoms with van der Waals surface area (Å²) in [4.78, 5) is 2.13. The lowest BCUT2D eigenvalue weighted by Gasteiger charge is -2.28. The Morgan fingerprint density at radius 2 is 1.75 bits per heavy atom. The van der Waals surface area contributed by atoms with Crippen LogP contribution in [0.1, 0.15) is 11.4 Å². The zero-order valence-corrected chi connectivity index (χ0v) is 15.9.